The topological polar surface area (TPSA) is 128 Å². The van der Waals surface area contributed by atoms with Crippen LogP contribution in [-0.4, -0.2) is 42.3 Å². The number of halogens is 3. The molecule has 1 atom stereocenters. The predicted octanol–water partition coefficient (Wildman–Crippen LogP) is 2.64. The lowest BCUT2D eigenvalue weighted by Crippen LogP contribution is -2.33. The van der Waals surface area contributed by atoms with Crippen LogP contribution in [0.5, 0.6) is 0 Å². The molecule has 2 aromatic heterocycles. The molecule has 1 unspecified atom stereocenters. The Morgan fingerprint density at radius 2 is 1.71 bits per heavy atom. The van der Waals surface area contributed by atoms with Gasteiger partial charge in [0.1, 0.15) is 17.7 Å². The molecule has 2 heterocycles. The molecular formula is C22H25F3N6O3. The van der Waals surface area contributed by atoms with Gasteiger partial charge in [0.25, 0.3) is 5.91 Å². The number of alkyl halides is 3. The second kappa shape index (κ2) is 10.1. The molecule has 0 spiro atoms. The van der Waals surface area contributed by atoms with Crippen molar-refractivity contribution in [3.05, 3.63) is 71.3 Å². The van der Waals surface area contributed by atoms with E-state index in [1.807, 2.05) is 53.8 Å². The zero-order valence-corrected chi connectivity index (χ0v) is 18.6. The molecule has 4 N–H and O–H groups in total. The maximum absolute atomic E-state index is 13.0. The smallest absolute Gasteiger partial charge is 0.475 e. The Morgan fingerprint density at radius 1 is 1.15 bits per heavy atom. The molecule has 3 aromatic rings. The highest BCUT2D eigenvalue weighted by Gasteiger charge is 2.38. The van der Waals surface area contributed by atoms with Crippen LogP contribution in [0, 0.1) is 0 Å². The molecule has 1 aliphatic rings. The first-order chi connectivity index (χ1) is 16.0. The van der Waals surface area contributed by atoms with Gasteiger partial charge in [0.15, 0.2) is 0 Å². The van der Waals surface area contributed by atoms with Gasteiger partial charge < -0.3 is 25.3 Å². The molecule has 9 nitrogen and oxygen atoms in total. The number of aliphatic carboxylic acids is 1. The minimum absolute atomic E-state index is 0.00128. The standard InChI is InChI=1S/C20H24N6O.C2HF3O2/c1-25-10-8-22-18(25)17(19-23-9-11-26(19)2)24-20(27)14-7-6-13-4-3-5-16(21)15(13)12-14;3-2(4,5)1(6)7/h6-12,16-17H,3-5,21H2,1-2H3,(H,24,27);(H,6,7). The van der Waals surface area contributed by atoms with E-state index in [0.717, 1.165) is 36.5 Å². The fourth-order valence-corrected chi connectivity index (χ4v) is 3.75. The maximum atomic E-state index is 13.0. The lowest BCUT2D eigenvalue weighted by atomic mass is 9.87. The number of carboxylic acids is 1. The van der Waals surface area contributed by atoms with E-state index in [0.29, 0.717) is 5.56 Å². The number of hydrogen-bond acceptors (Lipinski definition) is 5. The van der Waals surface area contributed by atoms with Gasteiger partial charge in [-0.25, -0.2) is 14.8 Å². The van der Waals surface area contributed by atoms with Crippen LogP contribution in [0.15, 0.2) is 43.0 Å². The molecule has 0 aliphatic heterocycles. The third-order valence-electron chi connectivity index (χ3n) is 5.52. The van der Waals surface area contributed by atoms with E-state index in [2.05, 4.69) is 15.3 Å². The van der Waals surface area contributed by atoms with Crippen LogP contribution >= 0.6 is 0 Å². The summed E-state index contributed by atoms with van der Waals surface area (Å²) in [5.41, 5.74) is 9.19. The van der Waals surface area contributed by atoms with E-state index in [9.17, 15) is 18.0 Å². The van der Waals surface area contributed by atoms with Gasteiger partial charge in [0.05, 0.1) is 0 Å². The van der Waals surface area contributed by atoms with Crippen molar-refractivity contribution in [2.75, 3.05) is 0 Å². The third-order valence-corrected chi connectivity index (χ3v) is 5.52. The van der Waals surface area contributed by atoms with Crippen LogP contribution in [0.4, 0.5) is 13.2 Å². The number of aryl methyl sites for hydroxylation is 3. The number of benzene rings is 1. The molecule has 34 heavy (non-hydrogen) atoms. The lowest BCUT2D eigenvalue weighted by Gasteiger charge is -2.23. The van der Waals surface area contributed by atoms with Crippen molar-refractivity contribution < 1.29 is 27.9 Å². The normalized spacial score (nSPS) is 15.3. The highest BCUT2D eigenvalue weighted by Crippen LogP contribution is 2.29. The van der Waals surface area contributed by atoms with Crippen molar-refractivity contribution in [1.82, 2.24) is 24.4 Å². The van der Waals surface area contributed by atoms with E-state index in [4.69, 9.17) is 15.6 Å². The Kier molecular flexibility index (Phi) is 7.40. The molecule has 182 valence electrons. The number of carbonyl (C=O) groups is 2. The summed E-state index contributed by atoms with van der Waals surface area (Å²) in [7, 11) is 3.81. The minimum atomic E-state index is -5.08. The summed E-state index contributed by atoms with van der Waals surface area (Å²) >= 11 is 0. The number of fused-ring (bicyclic) bond motifs is 1. The average Bonchev–Trinajstić information content (AvgIpc) is 3.40. The second-order valence-corrected chi connectivity index (χ2v) is 7.91. The van der Waals surface area contributed by atoms with Crippen molar-refractivity contribution in [3.8, 4) is 0 Å². The number of aromatic nitrogens is 4. The van der Waals surface area contributed by atoms with Gasteiger partial charge in [-0.3, -0.25) is 4.79 Å². The quantitative estimate of drug-likeness (QED) is 0.529. The van der Waals surface area contributed by atoms with Gasteiger partial charge in [-0.15, -0.1) is 0 Å². The van der Waals surface area contributed by atoms with Crippen molar-refractivity contribution in [3.63, 3.8) is 0 Å². The zero-order valence-electron chi connectivity index (χ0n) is 18.6. The number of imidazole rings is 2. The fraction of sp³-hybridized carbons (Fsp3) is 0.364. The van der Waals surface area contributed by atoms with Crippen LogP contribution in [0.1, 0.15) is 58.1 Å². The Morgan fingerprint density at radius 3 is 2.18 bits per heavy atom. The van der Waals surface area contributed by atoms with Crippen molar-refractivity contribution >= 4 is 11.9 Å². The van der Waals surface area contributed by atoms with Crippen LogP contribution in [0.2, 0.25) is 0 Å². The molecule has 0 fully saturated rings. The van der Waals surface area contributed by atoms with Crippen molar-refractivity contribution in [1.29, 1.82) is 0 Å². The van der Waals surface area contributed by atoms with Crippen LogP contribution in [0.25, 0.3) is 0 Å². The minimum Gasteiger partial charge on any atom is -0.475 e. The number of nitrogens with zero attached hydrogens (tertiary/aromatic N) is 4. The molecule has 12 heteroatoms. The van der Waals surface area contributed by atoms with Crippen molar-refractivity contribution in [2.24, 2.45) is 19.8 Å². The first kappa shape index (κ1) is 25.0. The summed E-state index contributed by atoms with van der Waals surface area (Å²) in [6, 6.07) is 5.39. The first-order valence-corrected chi connectivity index (χ1v) is 10.4. The Hall–Kier alpha value is -3.67. The number of nitrogens with one attached hydrogen (secondary N) is 1. The molecule has 1 amide bonds. The van der Waals surface area contributed by atoms with E-state index in [-0.39, 0.29) is 11.9 Å². The SMILES string of the molecule is Cn1ccnc1C(NC(=O)c1ccc2c(c1)C(N)CCC2)c1nccn1C.O=C(O)C(F)(F)F. The van der Waals surface area contributed by atoms with E-state index < -0.39 is 18.2 Å². The molecule has 0 radical (unpaired) electrons. The number of carbonyl (C=O) groups excluding carboxylic acids is 1. The highest BCUT2D eigenvalue weighted by atomic mass is 19.4. The Balaban J connectivity index is 0.000000406. The van der Waals surface area contributed by atoms with Gasteiger partial charge in [-0.05, 0) is 42.5 Å². The highest BCUT2D eigenvalue weighted by molar-refractivity contribution is 5.95. The van der Waals surface area contributed by atoms with Gasteiger partial charge in [-0.1, -0.05) is 6.07 Å². The zero-order chi connectivity index (χ0) is 25.0. The predicted molar refractivity (Wildman–Crippen MR) is 116 cm³/mol. The molecule has 1 aliphatic carbocycles. The Labute approximate surface area is 193 Å². The molecular weight excluding hydrogens is 453 g/mol. The summed E-state index contributed by atoms with van der Waals surface area (Å²) in [4.78, 5) is 30.8. The van der Waals surface area contributed by atoms with Crippen molar-refractivity contribution in [2.45, 2.75) is 37.5 Å². The fourth-order valence-electron chi connectivity index (χ4n) is 3.75. The summed E-state index contributed by atoms with van der Waals surface area (Å²) in [5, 5.41) is 10.2. The third kappa shape index (κ3) is 5.63. The van der Waals surface area contributed by atoms with Crippen LogP contribution in [0.3, 0.4) is 0 Å². The molecule has 0 bridgehead atoms. The number of nitrogens with two attached hydrogens (primary N) is 1. The monoisotopic (exact) mass is 478 g/mol. The summed E-state index contributed by atoms with van der Waals surface area (Å²) in [6.45, 7) is 0. The van der Waals surface area contributed by atoms with E-state index in [1.54, 1.807) is 12.4 Å². The summed E-state index contributed by atoms with van der Waals surface area (Å²) in [5.74, 6) is -1.46. The lowest BCUT2D eigenvalue weighted by molar-refractivity contribution is -0.192. The molecule has 4 rings (SSSR count). The number of carboxylic acid groups (broad SMARTS) is 1. The van der Waals surface area contributed by atoms with Gasteiger partial charge in [0.2, 0.25) is 0 Å². The molecule has 0 saturated heterocycles. The van der Waals surface area contributed by atoms with Gasteiger partial charge in [-0.2, -0.15) is 13.2 Å². The van der Waals surface area contributed by atoms with Crippen LogP contribution in [-0.2, 0) is 25.3 Å². The molecule has 1 aromatic carbocycles. The van der Waals surface area contributed by atoms with E-state index >= 15 is 0 Å². The summed E-state index contributed by atoms with van der Waals surface area (Å²) < 4.78 is 35.5. The first-order valence-electron chi connectivity index (χ1n) is 10.4. The Bertz CT molecular complexity index is 1130. The number of rotatable bonds is 4. The van der Waals surface area contributed by atoms with Gasteiger partial charge >= 0.3 is 12.1 Å². The number of hydrogen-bond donors (Lipinski definition) is 3. The second-order valence-electron chi connectivity index (χ2n) is 7.91. The van der Waals surface area contributed by atoms with Gasteiger partial charge in [0, 0.05) is 50.5 Å². The number of amides is 1. The summed E-state index contributed by atoms with van der Waals surface area (Å²) in [6.07, 6.45) is 5.14. The van der Waals surface area contributed by atoms with Crippen LogP contribution < -0.4 is 11.1 Å². The maximum Gasteiger partial charge on any atom is 0.490 e. The average molecular weight is 478 g/mol. The molecule has 0 saturated carbocycles. The van der Waals surface area contributed by atoms with E-state index in [1.165, 1.54) is 5.56 Å². The largest absolute Gasteiger partial charge is 0.490 e.